The maximum Gasteiger partial charge on any atom is 0.341 e. The average Bonchev–Trinajstić information content (AvgIpc) is 3.18. The Bertz CT molecular complexity index is 780. The summed E-state index contributed by atoms with van der Waals surface area (Å²) in [5.74, 6) is -1.40. The largest absolute Gasteiger partial charge is 0.477 e. The van der Waals surface area contributed by atoms with Gasteiger partial charge in [0.25, 0.3) is 0 Å². The fourth-order valence-corrected chi connectivity index (χ4v) is 2.83. The minimum absolute atomic E-state index is 0.150. The lowest BCUT2D eigenvalue weighted by atomic mass is 10.0. The monoisotopic (exact) mass is 339 g/mol. The number of H-pyrrole nitrogens is 1. The topological polar surface area (TPSA) is 70.2 Å². The van der Waals surface area contributed by atoms with Gasteiger partial charge in [0.2, 0.25) is 5.43 Å². The van der Waals surface area contributed by atoms with E-state index in [9.17, 15) is 14.0 Å². The van der Waals surface area contributed by atoms with E-state index >= 15 is 0 Å². The Labute approximate surface area is 121 Å². The number of carboxylic acids is 1. The summed E-state index contributed by atoms with van der Waals surface area (Å²) >= 11 is 3.14. The van der Waals surface area contributed by atoms with Gasteiger partial charge in [-0.3, -0.25) is 4.79 Å². The number of aromatic amines is 1. The van der Waals surface area contributed by atoms with Crippen LogP contribution in [0.5, 0.6) is 0 Å². The first-order valence-corrected chi connectivity index (χ1v) is 7.04. The number of pyridine rings is 1. The van der Waals surface area contributed by atoms with E-state index < -0.39 is 17.2 Å². The molecule has 1 saturated carbocycles. The first kappa shape index (κ1) is 13.3. The highest BCUT2D eigenvalue weighted by atomic mass is 79.9. The number of carboxylic acid groups (broad SMARTS) is 1. The van der Waals surface area contributed by atoms with Crippen molar-refractivity contribution in [3.05, 3.63) is 43.9 Å². The smallest absolute Gasteiger partial charge is 0.341 e. The normalized spacial score (nSPS) is 14.7. The summed E-state index contributed by atoms with van der Waals surface area (Å²) in [4.78, 5) is 26.1. The van der Waals surface area contributed by atoms with Crippen molar-refractivity contribution in [1.82, 2.24) is 4.98 Å². The van der Waals surface area contributed by atoms with Gasteiger partial charge in [-0.25, -0.2) is 9.18 Å². The maximum atomic E-state index is 14.3. The molecule has 20 heavy (non-hydrogen) atoms. The molecule has 6 heteroatoms. The van der Waals surface area contributed by atoms with Crippen LogP contribution < -0.4 is 5.43 Å². The van der Waals surface area contributed by atoms with Gasteiger partial charge in [0.15, 0.2) is 0 Å². The number of nitrogens with one attached hydrogen (secondary N) is 1. The lowest BCUT2D eigenvalue weighted by Gasteiger charge is -2.09. The van der Waals surface area contributed by atoms with Crippen LogP contribution in [0.2, 0.25) is 0 Å². The van der Waals surface area contributed by atoms with Crippen LogP contribution >= 0.6 is 15.9 Å². The van der Waals surface area contributed by atoms with E-state index in [-0.39, 0.29) is 15.4 Å². The predicted molar refractivity (Wildman–Crippen MR) is 75.6 cm³/mol. The van der Waals surface area contributed by atoms with Crippen molar-refractivity contribution in [2.24, 2.45) is 5.92 Å². The second kappa shape index (κ2) is 4.70. The Morgan fingerprint density at radius 1 is 1.50 bits per heavy atom. The van der Waals surface area contributed by atoms with Crippen molar-refractivity contribution in [1.29, 1.82) is 0 Å². The van der Waals surface area contributed by atoms with Crippen LogP contribution in [-0.2, 0) is 6.42 Å². The lowest BCUT2D eigenvalue weighted by molar-refractivity contribution is 0.0695. The van der Waals surface area contributed by atoms with E-state index in [0.717, 1.165) is 19.0 Å². The van der Waals surface area contributed by atoms with Crippen molar-refractivity contribution in [2.45, 2.75) is 19.3 Å². The summed E-state index contributed by atoms with van der Waals surface area (Å²) in [6.07, 6.45) is 3.65. The van der Waals surface area contributed by atoms with Crippen LogP contribution in [0.1, 0.15) is 28.8 Å². The lowest BCUT2D eigenvalue weighted by Crippen LogP contribution is -2.17. The summed E-state index contributed by atoms with van der Waals surface area (Å²) in [7, 11) is 0. The Morgan fingerprint density at radius 2 is 2.20 bits per heavy atom. The third kappa shape index (κ3) is 2.14. The molecule has 2 N–H and O–H groups in total. The number of rotatable bonds is 3. The molecule has 1 heterocycles. The third-order valence-corrected chi connectivity index (χ3v) is 4.16. The number of hydrogen-bond acceptors (Lipinski definition) is 2. The minimum atomic E-state index is -1.31. The molecule has 2 aromatic rings. The van der Waals surface area contributed by atoms with Crippen molar-refractivity contribution >= 4 is 32.8 Å². The molecule has 0 radical (unpaired) electrons. The van der Waals surface area contributed by atoms with Gasteiger partial charge in [-0.1, -0.05) is 0 Å². The standard InChI is InChI=1S/C14H11BrFNO3/c15-9-4-10-11(7(12(9)16)3-6-1-2-6)13(18)8(5-17-10)14(19)20/h4-6H,1-3H2,(H,17,18)(H,19,20). The molecule has 0 aliphatic heterocycles. The van der Waals surface area contributed by atoms with Gasteiger partial charge < -0.3 is 10.1 Å². The van der Waals surface area contributed by atoms with Crippen molar-refractivity contribution in [3.8, 4) is 0 Å². The number of fused-ring (bicyclic) bond motifs is 1. The van der Waals surface area contributed by atoms with Gasteiger partial charge in [-0.05, 0) is 47.2 Å². The number of benzene rings is 1. The van der Waals surface area contributed by atoms with Crippen LogP contribution in [0, 0.1) is 11.7 Å². The Hall–Kier alpha value is -1.69. The highest BCUT2D eigenvalue weighted by molar-refractivity contribution is 9.10. The zero-order valence-corrected chi connectivity index (χ0v) is 12.0. The summed E-state index contributed by atoms with van der Waals surface area (Å²) in [5, 5.41) is 9.16. The summed E-state index contributed by atoms with van der Waals surface area (Å²) in [6, 6.07) is 1.47. The van der Waals surface area contributed by atoms with Crippen LogP contribution in [0.3, 0.4) is 0 Å². The van der Waals surface area contributed by atoms with E-state index in [2.05, 4.69) is 20.9 Å². The SMILES string of the molecule is O=C(O)c1c[nH]c2cc(Br)c(F)c(CC3CC3)c2c1=O. The van der Waals surface area contributed by atoms with Gasteiger partial charge in [-0.15, -0.1) is 0 Å². The number of hydrogen-bond donors (Lipinski definition) is 2. The van der Waals surface area contributed by atoms with Gasteiger partial charge >= 0.3 is 5.97 Å². The molecule has 0 amide bonds. The van der Waals surface area contributed by atoms with Crippen LogP contribution in [0.25, 0.3) is 10.9 Å². The summed E-state index contributed by atoms with van der Waals surface area (Å²) in [6.45, 7) is 0. The summed E-state index contributed by atoms with van der Waals surface area (Å²) in [5.41, 5.74) is -0.241. The molecule has 3 rings (SSSR count). The van der Waals surface area contributed by atoms with E-state index in [4.69, 9.17) is 5.11 Å². The molecule has 1 aliphatic carbocycles. The number of halogens is 2. The molecule has 1 aromatic heterocycles. The molecule has 104 valence electrons. The average molecular weight is 340 g/mol. The highest BCUT2D eigenvalue weighted by Gasteiger charge is 2.26. The molecule has 0 atom stereocenters. The van der Waals surface area contributed by atoms with Gasteiger partial charge in [0.1, 0.15) is 11.4 Å². The molecule has 0 spiro atoms. The zero-order valence-electron chi connectivity index (χ0n) is 10.4. The number of aromatic carboxylic acids is 1. The molecular formula is C14H11BrFNO3. The van der Waals surface area contributed by atoms with Gasteiger partial charge in [-0.2, -0.15) is 0 Å². The minimum Gasteiger partial charge on any atom is -0.477 e. The number of aromatic nitrogens is 1. The maximum absolute atomic E-state index is 14.3. The predicted octanol–water partition coefficient (Wildman–Crippen LogP) is 3.08. The van der Waals surface area contributed by atoms with Crippen LogP contribution in [0.4, 0.5) is 4.39 Å². The van der Waals surface area contributed by atoms with Gasteiger partial charge in [0.05, 0.1) is 15.4 Å². The molecular weight excluding hydrogens is 329 g/mol. The zero-order chi connectivity index (χ0) is 14.4. The second-order valence-corrected chi connectivity index (χ2v) is 5.91. The second-order valence-electron chi connectivity index (χ2n) is 5.06. The van der Waals surface area contributed by atoms with Crippen LogP contribution in [0.15, 0.2) is 21.5 Å². The Balaban J connectivity index is 2.36. The molecule has 4 nitrogen and oxygen atoms in total. The van der Waals surface area contributed by atoms with E-state index in [1.807, 2.05) is 0 Å². The molecule has 1 aromatic carbocycles. The molecule has 1 fully saturated rings. The van der Waals surface area contributed by atoms with Crippen molar-refractivity contribution in [3.63, 3.8) is 0 Å². The molecule has 1 aliphatic rings. The van der Waals surface area contributed by atoms with Crippen molar-refractivity contribution < 1.29 is 14.3 Å². The van der Waals surface area contributed by atoms with E-state index in [1.165, 1.54) is 6.07 Å². The number of carbonyl (C=O) groups is 1. The van der Waals surface area contributed by atoms with Crippen molar-refractivity contribution in [2.75, 3.05) is 0 Å². The van der Waals surface area contributed by atoms with Gasteiger partial charge in [0, 0.05) is 11.8 Å². The fraction of sp³-hybridized carbons (Fsp3) is 0.286. The quantitative estimate of drug-likeness (QED) is 0.902. The van der Waals surface area contributed by atoms with Crippen LogP contribution in [-0.4, -0.2) is 16.1 Å². The first-order valence-electron chi connectivity index (χ1n) is 6.24. The molecule has 0 unspecified atom stereocenters. The Morgan fingerprint density at radius 3 is 2.80 bits per heavy atom. The van der Waals surface area contributed by atoms with E-state index in [1.54, 1.807) is 0 Å². The third-order valence-electron chi connectivity index (χ3n) is 3.58. The fourth-order valence-electron chi connectivity index (χ4n) is 2.36. The van der Waals surface area contributed by atoms with E-state index in [0.29, 0.717) is 23.4 Å². The highest BCUT2D eigenvalue weighted by Crippen LogP contribution is 2.36. The first-order chi connectivity index (χ1) is 9.49. The molecule has 0 bridgehead atoms. The Kier molecular flexibility index (Phi) is 3.12. The molecule has 0 saturated heterocycles. The summed E-state index contributed by atoms with van der Waals surface area (Å²) < 4.78 is 14.6.